The second kappa shape index (κ2) is 9.02. The minimum absolute atomic E-state index is 0.0138. The lowest BCUT2D eigenvalue weighted by atomic mass is 10.1. The number of likely N-dealkylation sites (N-methyl/N-ethyl adjacent to an activating group) is 1. The molecule has 1 N–H and O–H groups in total. The number of hydrogen-bond donors (Lipinski definition) is 1. The number of nitrogens with one attached hydrogen (secondary N) is 1. The van der Waals surface area contributed by atoms with E-state index in [0.717, 1.165) is 32.0 Å². The van der Waals surface area contributed by atoms with Crippen molar-refractivity contribution in [2.24, 2.45) is 0 Å². The van der Waals surface area contributed by atoms with Gasteiger partial charge in [0.25, 0.3) is 0 Å². The molecule has 6 nitrogen and oxygen atoms in total. The van der Waals surface area contributed by atoms with Gasteiger partial charge < -0.3 is 10.1 Å². The first-order valence-corrected chi connectivity index (χ1v) is 10.7. The average Bonchev–Trinajstić information content (AvgIpc) is 2.62. The third kappa shape index (κ3) is 4.89. The highest BCUT2D eigenvalue weighted by atomic mass is 79.9. The minimum Gasteiger partial charge on any atom is -0.495 e. The Labute approximate surface area is 172 Å². The number of anilines is 1. The van der Waals surface area contributed by atoms with E-state index in [9.17, 15) is 17.6 Å². The van der Waals surface area contributed by atoms with Crippen LogP contribution in [0.4, 0.5) is 10.1 Å². The number of rotatable bonds is 7. The molecular weight excluding hydrogens is 451 g/mol. The summed E-state index contributed by atoms with van der Waals surface area (Å²) in [6, 6.07) is 6.95. The molecule has 9 heteroatoms. The fraction of sp³-hybridized carbons (Fsp3) is 0.316. The van der Waals surface area contributed by atoms with Crippen molar-refractivity contribution >= 4 is 37.5 Å². The van der Waals surface area contributed by atoms with E-state index in [1.54, 1.807) is 6.92 Å². The molecule has 2 rings (SSSR count). The van der Waals surface area contributed by atoms with Gasteiger partial charge in [0.05, 0.1) is 13.7 Å². The number of aryl methyl sites for hydroxylation is 2. The molecule has 0 fully saturated rings. The zero-order chi connectivity index (χ0) is 21.1. The first-order chi connectivity index (χ1) is 13.1. The van der Waals surface area contributed by atoms with Gasteiger partial charge in [0.1, 0.15) is 16.5 Å². The standard InChI is InChI=1S/C19H22BrFN2O4S/c1-5-23(28(25,26)17-10-15(21)6-7-16(17)27-4)11-18(24)22-19-12(2)8-14(20)9-13(19)3/h6-10H,5,11H2,1-4H3,(H,22,24). The SMILES string of the molecule is CCN(CC(=O)Nc1c(C)cc(Br)cc1C)S(=O)(=O)c1cc(F)ccc1OC. The van der Waals surface area contributed by atoms with Gasteiger partial charge in [-0.2, -0.15) is 4.31 Å². The van der Waals surface area contributed by atoms with Gasteiger partial charge in [-0.15, -0.1) is 0 Å². The summed E-state index contributed by atoms with van der Waals surface area (Å²) in [7, 11) is -2.83. The predicted molar refractivity (Wildman–Crippen MR) is 110 cm³/mol. The molecule has 0 aliphatic rings. The summed E-state index contributed by atoms with van der Waals surface area (Å²) in [6.07, 6.45) is 0. The van der Waals surface area contributed by atoms with Crippen molar-refractivity contribution in [2.45, 2.75) is 25.7 Å². The van der Waals surface area contributed by atoms with Crippen LogP contribution in [0.2, 0.25) is 0 Å². The first-order valence-electron chi connectivity index (χ1n) is 8.50. The van der Waals surface area contributed by atoms with Gasteiger partial charge >= 0.3 is 0 Å². The Bertz CT molecular complexity index is 972. The molecule has 2 aromatic rings. The Hall–Kier alpha value is -1.97. The number of sulfonamides is 1. The van der Waals surface area contributed by atoms with E-state index in [4.69, 9.17) is 4.74 Å². The lowest BCUT2D eigenvalue weighted by molar-refractivity contribution is -0.116. The molecular formula is C19H22BrFN2O4S. The summed E-state index contributed by atoms with van der Waals surface area (Å²) < 4.78 is 46.4. The van der Waals surface area contributed by atoms with Crippen molar-refractivity contribution in [2.75, 3.05) is 25.5 Å². The van der Waals surface area contributed by atoms with E-state index >= 15 is 0 Å². The van der Waals surface area contributed by atoms with Crippen LogP contribution in [0.15, 0.2) is 39.7 Å². The lowest BCUT2D eigenvalue weighted by Gasteiger charge is -2.22. The maximum absolute atomic E-state index is 13.6. The minimum atomic E-state index is -4.13. The topological polar surface area (TPSA) is 75.7 Å². The summed E-state index contributed by atoms with van der Waals surface area (Å²) in [6.45, 7) is 4.92. The van der Waals surface area contributed by atoms with Crippen LogP contribution in [0.5, 0.6) is 5.75 Å². The third-order valence-corrected chi connectivity index (χ3v) is 6.58. The van der Waals surface area contributed by atoms with Gasteiger partial charge in [-0.1, -0.05) is 22.9 Å². The summed E-state index contributed by atoms with van der Waals surface area (Å²) in [4.78, 5) is 12.2. The monoisotopic (exact) mass is 472 g/mol. The van der Waals surface area contributed by atoms with E-state index in [-0.39, 0.29) is 17.2 Å². The number of methoxy groups -OCH3 is 1. The summed E-state index contributed by atoms with van der Waals surface area (Å²) in [5.41, 5.74) is 2.32. The number of hydrogen-bond acceptors (Lipinski definition) is 4. The fourth-order valence-corrected chi connectivity index (χ4v) is 5.06. The van der Waals surface area contributed by atoms with E-state index < -0.39 is 28.3 Å². The molecule has 0 aliphatic heterocycles. The van der Waals surface area contributed by atoms with Crippen molar-refractivity contribution in [1.82, 2.24) is 4.31 Å². The summed E-state index contributed by atoms with van der Waals surface area (Å²) >= 11 is 3.39. The molecule has 0 aliphatic carbocycles. The van der Waals surface area contributed by atoms with Crippen molar-refractivity contribution in [3.63, 3.8) is 0 Å². The Morgan fingerprint density at radius 1 is 1.21 bits per heavy atom. The summed E-state index contributed by atoms with van der Waals surface area (Å²) in [5.74, 6) is -1.19. The van der Waals surface area contributed by atoms with Crippen molar-refractivity contribution in [1.29, 1.82) is 0 Å². The number of nitrogens with zero attached hydrogens (tertiary/aromatic N) is 1. The maximum atomic E-state index is 13.6. The highest BCUT2D eigenvalue weighted by Gasteiger charge is 2.29. The van der Waals surface area contributed by atoms with E-state index in [2.05, 4.69) is 21.2 Å². The smallest absolute Gasteiger partial charge is 0.247 e. The van der Waals surface area contributed by atoms with Crippen molar-refractivity contribution in [3.8, 4) is 5.75 Å². The van der Waals surface area contributed by atoms with Crippen LogP contribution in [0, 0.1) is 19.7 Å². The van der Waals surface area contributed by atoms with E-state index in [1.807, 2.05) is 26.0 Å². The van der Waals surface area contributed by atoms with E-state index in [1.165, 1.54) is 13.2 Å². The second-order valence-corrected chi connectivity index (χ2v) is 9.01. The Morgan fingerprint density at radius 3 is 2.36 bits per heavy atom. The molecule has 1 amide bonds. The van der Waals surface area contributed by atoms with Gasteiger partial charge in [-0.05, 0) is 55.3 Å². The van der Waals surface area contributed by atoms with Crippen molar-refractivity contribution < 1.29 is 22.3 Å². The molecule has 0 spiro atoms. The number of carbonyl (C=O) groups excluding carboxylic acids is 1. The van der Waals surface area contributed by atoms with Crippen LogP contribution in [-0.4, -0.2) is 38.8 Å². The zero-order valence-electron chi connectivity index (χ0n) is 16.0. The summed E-state index contributed by atoms with van der Waals surface area (Å²) in [5, 5.41) is 2.76. The highest BCUT2D eigenvalue weighted by Crippen LogP contribution is 2.28. The Morgan fingerprint density at radius 2 is 1.82 bits per heavy atom. The van der Waals surface area contributed by atoms with Crippen LogP contribution in [0.3, 0.4) is 0 Å². The first kappa shape index (κ1) is 22.3. The van der Waals surface area contributed by atoms with Crippen LogP contribution in [0.25, 0.3) is 0 Å². The largest absolute Gasteiger partial charge is 0.495 e. The van der Waals surface area contributed by atoms with Crippen molar-refractivity contribution in [3.05, 3.63) is 51.7 Å². The van der Waals surface area contributed by atoms with Gasteiger partial charge in [-0.25, -0.2) is 12.8 Å². The molecule has 0 saturated heterocycles. The molecule has 0 unspecified atom stereocenters. The van der Waals surface area contributed by atoms with Crippen LogP contribution in [0.1, 0.15) is 18.1 Å². The number of halogens is 2. The van der Waals surface area contributed by atoms with Gasteiger partial charge in [0, 0.05) is 16.7 Å². The Kier molecular flexibility index (Phi) is 7.19. The molecule has 0 aromatic heterocycles. The molecule has 28 heavy (non-hydrogen) atoms. The Balaban J connectivity index is 2.29. The molecule has 0 radical (unpaired) electrons. The fourth-order valence-electron chi connectivity index (χ4n) is 2.80. The molecule has 0 heterocycles. The second-order valence-electron chi connectivity index (χ2n) is 6.19. The molecule has 0 saturated carbocycles. The van der Waals surface area contributed by atoms with E-state index in [0.29, 0.717) is 5.69 Å². The van der Waals surface area contributed by atoms with Gasteiger partial charge in [0.15, 0.2) is 0 Å². The maximum Gasteiger partial charge on any atom is 0.247 e. The quantitative estimate of drug-likeness (QED) is 0.663. The van der Waals surface area contributed by atoms with Crippen LogP contribution < -0.4 is 10.1 Å². The third-order valence-electron chi connectivity index (χ3n) is 4.18. The van der Waals surface area contributed by atoms with Crippen LogP contribution in [-0.2, 0) is 14.8 Å². The van der Waals surface area contributed by atoms with Crippen LogP contribution >= 0.6 is 15.9 Å². The zero-order valence-corrected chi connectivity index (χ0v) is 18.4. The van der Waals surface area contributed by atoms with Gasteiger partial charge in [-0.3, -0.25) is 4.79 Å². The van der Waals surface area contributed by atoms with Gasteiger partial charge in [0.2, 0.25) is 15.9 Å². The molecule has 0 atom stereocenters. The number of ether oxygens (including phenoxy) is 1. The molecule has 0 bridgehead atoms. The number of amides is 1. The molecule has 2 aromatic carbocycles. The predicted octanol–water partition coefficient (Wildman–Crippen LogP) is 3.86. The number of benzene rings is 2. The normalized spacial score (nSPS) is 11.5. The average molecular weight is 473 g/mol. The highest BCUT2D eigenvalue weighted by molar-refractivity contribution is 9.10. The molecule has 152 valence electrons. The lowest BCUT2D eigenvalue weighted by Crippen LogP contribution is -2.38. The number of carbonyl (C=O) groups is 1.